The molecule has 3 atom stereocenters. The minimum atomic E-state index is 0.0306. The second-order valence-corrected chi connectivity index (χ2v) is 11.5. The van der Waals surface area contributed by atoms with E-state index in [1.54, 1.807) is 0 Å². The van der Waals surface area contributed by atoms with Crippen molar-refractivity contribution in [2.24, 2.45) is 11.3 Å². The van der Waals surface area contributed by atoms with Crippen molar-refractivity contribution in [1.29, 1.82) is 0 Å². The molecule has 1 N–H and O–H groups in total. The molecule has 1 saturated heterocycles. The van der Waals surface area contributed by atoms with Gasteiger partial charge in [-0.25, -0.2) is 0 Å². The highest BCUT2D eigenvalue weighted by Gasteiger charge is 2.39. The first kappa shape index (κ1) is 27.9. The number of carbonyl (C=O) groups is 1. The Hall–Kier alpha value is -3.11. The fourth-order valence-electron chi connectivity index (χ4n) is 5.87. The summed E-state index contributed by atoms with van der Waals surface area (Å²) in [6.07, 6.45) is 2.45. The maximum absolute atomic E-state index is 13.3. The predicted molar refractivity (Wildman–Crippen MR) is 155 cm³/mol. The first-order valence-electron chi connectivity index (χ1n) is 14.0. The summed E-state index contributed by atoms with van der Waals surface area (Å²) < 4.78 is 11.6. The van der Waals surface area contributed by atoms with E-state index in [-0.39, 0.29) is 29.3 Å². The van der Waals surface area contributed by atoms with E-state index in [9.17, 15) is 4.79 Å². The largest absolute Gasteiger partial charge is 0.491 e. The van der Waals surface area contributed by atoms with Gasteiger partial charge in [-0.15, -0.1) is 0 Å². The van der Waals surface area contributed by atoms with Crippen LogP contribution in [0.25, 0.3) is 0 Å². The highest BCUT2D eigenvalue weighted by molar-refractivity contribution is 5.77. The number of carbonyl (C=O) groups excluding carboxylic acids is 1. The Morgan fingerprint density at radius 3 is 2.13 bits per heavy atom. The quantitative estimate of drug-likeness (QED) is 0.292. The van der Waals surface area contributed by atoms with Crippen LogP contribution in [0.2, 0.25) is 0 Å². The molecule has 1 aliphatic rings. The van der Waals surface area contributed by atoms with Crippen LogP contribution in [0.1, 0.15) is 75.5 Å². The molecular formula is C34H43NO3. The van der Waals surface area contributed by atoms with Gasteiger partial charge in [0.2, 0.25) is 5.91 Å². The van der Waals surface area contributed by atoms with Gasteiger partial charge >= 0.3 is 0 Å². The van der Waals surface area contributed by atoms with Crippen molar-refractivity contribution >= 4 is 5.91 Å². The van der Waals surface area contributed by atoms with Crippen LogP contribution in [0, 0.1) is 11.3 Å². The summed E-state index contributed by atoms with van der Waals surface area (Å²) in [5.74, 6) is 1.77. The summed E-state index contributed by atoms with van der Waals surface area (Å²) in [7, 11) is 0. The molecule has 4 heteroatoms. The fraction of sp³-hybridized carbons (Fsp3) is 0.441. The third-order valence-electron chi connectivity index (χ3n) is 7.78. The molecule has 1 heterocycles. The Labute approximate surface area is 228 Å². The Morgan fingerprint density at radius 2 is 1.53 bits per heavy atom. The molecule has 202 valence electrons. The molecule has 0 bridgehead atoms. The normalized spacial score (nSPS) is 18.5. The van der Waals surface area contributed by atoms with E-state index in [4.69, 9.17) is 9.47 Å². The first-order chi connectivity index (χ1) is 18.3. The van der Waals surface area contributed by atoms with Crippen molar-refractivity contribution in [1.82, 2.24) is 5.32 Å². The van der Waals surface area contributed by atoms with Crippen molar-refractivity contribution in [3.05, 3.63) is 102 Å². The van der Waals surface area contributed by atoms with E-state index in [2.05, 4.69) is 79.8 Å². The maximum atomic E-state index is 13.3. The lowest BCUT2D eigenvalue weighted by molar-refractivity contribution is -0.122. The Kier molecular flexibility index (Phi) is 9.63. The summed E-state index contributed by atoms with van der Waals surface area (Å²) in [6, 6.07) is 29.5. The molecule has 3 aromatic carbocycles. The maximum Gasteiger partial charge on any atom is 0.220 e. The van der Waals surface area contributed by atoms with E-state index in [1.807, 2.05) is 38.1 Å². The van der Waals surface area contributed by atoms with Gasteiger partial charge in [-0.05, 0) is 72.8 Å². The second-order valence-electron chi connectivity index (χ2n) is 11.5. The molecule has 38 heavy (non-hydrogen) atoms. The second kappa shape index (κ2) is 13.1. The van der Waals surface area contributed by atoms with Gasteiger partial charge in [0, 0.05) is 25.5 Å². The Morgan fingerprint density at radius 1 is 0.921 bits per heavy atom. The molecule has 0 unspecified atom stereocenters. The van der Waals surface area contributed by atoms with Gasteiger partial charge in [-0.2, -0.15) is 0 Å². The van der Waals surface area contributed by atoms with Crippen molar-refractivity contribution in [3.63, 3.8) is 0 Å². The van der Waals surface area contributed by atoms with Crippen molar-refractivity contribution in [3.8, 4) is 5.75 Å². The Bertz CT molecular complexity index is 1130. The SMILES string of the molecule is CC(C)Oc1ccc([C@H](CCNC(=O)C[C@H](c2ccccc2)[C@@H]2CCOCC2(C)C)c2ccccc2)cc1. The van der Waals surface area contributed by atoms with Crippen LogP contribution < -0.4 is 10.1 Å². The zero-order valence-electron chi connectivity index (χ0n) is 23.4. The van der Waals surface area contributed by atoms with E-state index < -0.39 is 0 Å². The molecule has 4 nitrogen and oxygen atoms in total. The number of ether oxygens (including phenoxy) is 2. The van der Waals surface area contributed by atoms with E-state index >= 15 is 0 Å². The third-order valence-corrected chi connectivity index (χ3v) is 7.78. The van der Waals surface area contributed by atoms with E-state index in [0.717, 1.165) is 31.8 Å². The summed E-state index contributed by atoms with van der Waals surface area (Å²) in [5.41, 5.74) is 3.76. The molecule has 0 radical (unpaired) electrons. The molecule has 0 aromatic heterocycles. The van der Waals surface area contributed by atoms with Gasteiger partial charge in [-0.3, -0.25) is 4.79 Å². The molecule has 0 saturated carbocycles. The number of rotatable bonds is 11. The van der Waals surface area contributed by atoms with E-state index in [0.29, 0.717) is 18.9 Å². The molecule has 1 aliphatic heterocycles. The predicted octanol–water partition coefficient (Wildman–Crippen LogP) is 7.35. The van der Waals surface area contributed by atoms with Gasteiger partial charge < -0.3 is 14.8 Å². The summed E-state index contributed by atoms with van der Waals surface area (Å²) in [5, 5.41) is 3.26. The lowest BCUT2D eigenvalue weighted by atomic mass is 9.66. The molecule has 1 amide bonds. The highest BCUT2D eigenvalue weighted by Crippen LogP contribution is 2.44. The molecule has 4 rings (SSSR count). The minimum Gasteiger partial charge on any atom is -0.491 e. The van der Waals surface area contributed by atoms with Crippen molar-refractivity contribution in [2.45, 2.75) is 64.9 Å². The average molecular weight is 514 g/mol. The van der Waals surface area contributed by atoms with Crippen LogP contribution >= 0.6 is 0 Å². The van der Waals surface area contributed by atoms with Crippen molar-refractivity contribution in [2.75, 3.05) is 19.8 Å². The lowest BCUT2D eigenvalue weighted by Gasteiger charge is -2.43. The topological polar surface area (TPSA) is 47.6 Å². The van der Waals surface area contributed by atoms with Crippen LogP contribution in [0.5, 0.6) is 5.75 Å². The molecule has 0 spiro atoms. The summed E-state index contributed by atoms with van der Waals surface area (Å²) >= 11 is 0. The Balaban J connectivity index is 1.44. The fourth-order valence-corrected chi connectivity index (χ4v) is 5.87. The van der Waals surface area contributed by atoms with Gasteiger partial charge in [0.1, 0.15) is 5.75 Å². The summed E-state index contributed by atoms with van der Waals surface area (Å²) in [4.78, 5) is 13.3. The monoisotopic (exact) mass is 513 g/mol. The standard InChI is InChI=1S/C34H43NO3/c1-25(2)38-29-17-15-28(16-18-29)30(26-11-7-5-8-12-26)19-21-35-33(36)23-31(27-13-9-6-10-14-27)32-20-22-37-24-34(32,3)4/h5-18,25,30-32H,19-24H2,1-4H3,(H,35,36)/t30-,31-,32+/m1/s1. The van der Waals surface area contributed by atoms with E-state index in [1.165, 1.54) is 16.7 Å². The number of hydrogen-bond donors (Lipinski definition) is 1. The van der Waals surface area contributed by atoms with Crippen LogP contribution in [-0.4, -0.2) is 31.8 Å². The molecule has 3 aromatic rings. The zero-order chi connectivity index (χ0) is 27.0. The zero-order valence-corrected chi connectivity index (χ0v) is 23.4. The van der Waals surface area contributed by atoms with Crippen LogP contribution in [0.4, 0.5) is 0 Å². The van der Waals surface area contributed by atoms with Crippen LogP contribution in [0.3, 0.4) is 0 Å². The summed E-state index contributed by atoms with van der Waals surface area (Å²) in [6.45, 7) is 10.7. The number of nitrogens with one attached hydrogen (secondary N) is 1. The third kappa shape index (κ3) is 7.48. The lowest BCUT2D eigenvalue weighted by Crippen LogP contribution is -2.40. The van der Waals surface area contributed by atoms with Gasteiger partial charge in [0.15, 0.2) is 0 Å². The first-order valence-corrected chi connectivity index (χ1v) is 14.0. The number of benzene rings is 3. The van der Waals surface area contributed by atoms with Crippen molar-refractivity contribution < 1.29 is 14.3 Å². The number of hydrogen-bond acceptors (Lipinski definition) is 3. The minimum absolute atomic E-state index is 0.0306. The molecule has 1 fully saturated rings. The molecular weight excluding hydrogens is 470 g/mol. The number of amides is 1. The average Bonchev–Trinajstić information content (AvgIpc) is 2.91. The van der Waals surface area contributed by atoms with Crippen LogP contribution in [0.15, 0.2) is 84.9 Å². The van der Waals surface area contributed by atoms with Crippen LogP contribution in [-0.2, 0) is 9.53 Å². The molecule has 0 aliphatic carbocycles. The van der Waals surface area contributed by atoms with Gasteiger partial charge in [0.05, 0.1) is 12.7 Å². The van der Waals surface area contributed by atoms with Gasteiger partial charge in [-0.1, -0.05) is 86.6 Å². The van der Waals surface area contributed by atoms with Gasteiger partial charge in [0.25, 0.3) is 0 Å². The smallest absolute Gasteiger partial charge is 0.220 e. The highest BCUT2D eigenvalue weighted by atomic mass is 16.5.